The number of carbonyl (C=O) groups is 2. The Hall–Kier alpha value is -3.06. The fourth-order valence-corrected chi connectivity index (χ4v) is 2.85. The first-order chi connectivity index (χ1) is 16.9. The van der Waals surface area contributed by atoms with Crippen LogP contribution in [-0.4, -0.2) is 48.6 Å². The van der Waals surface area contributed by atoms with E-state index in [1.807, 2.05) is 0 Å². The molecule has 0 saturated heterocycles. The molecule has 1 fully saturated rings. The number of rotatable bonds is 16. The number of carbonyl (C=O) groups excluding carboxylic acids is 2. The van der Waals surface area contributed by atoms with Crippen molar-refractivity contribution in [2.24, 2.45) is 0 Å². The molecule has 12 heteroatoms. The molecule has 0 aromatic carbocycles. The van der Waals surface area contributed by atoms with Gasteiger partial charge < -0.3 is 29.0 Å². The summed E-state index contributed by atoms with van der Waals surface area (Å²) in [6.45, 7) is 23.7. The minimum Gasteiger partial charge on any atom is -0.455 e. The van der Waals surface area contributed by atoms with E-state index in [0.717, 1.165) is 0 Å². The van der Waals surface area contributed by atoms with Gasteiger partial charge in [0.15, 0.2) is 36.6 Å². The maximum absolute atomic E-state index is 12.4. The van der Waals surface area contributed by atoms with Gasteiger partial charge in [0.2, 0.25) is 0 Å². The second-order valence-electron chi connectivity index (χ2n) is 8.00. The highest BCUT2D eigenvalue weighted by molar-refractivity contribution is 5.70. The topological polar surface area (TPSA) is 126 Å². The molecule has 0 spiro atoms. The lowest BCUT2D eigenvalue weighted by Gasteiger charge is -2.45. The standard InChI is InChI=1S/C24H36O12/c1-11-17(25)27-19-20(28-18(26)12-2)22(34-30-14(5)6)24(36-32-16(9)10)23(35-31-15(7)8)21(19)33-29-13(3)4/h19-24H,3,5,7,9,11-12H2,1-2,4,6,8,10H3. The Kier molecular flexibility index (Phi) is 13.0. The Morgan fingerprint density at radius 3 is 0.917 bits per heavy atom. The van der Waals surface area contributed by atoms with Crippen LogP contribution in [0.2, 0.25) is 0 Å². The van der Waals surface area contributed by atoms with Crippen molar-refractivity contribution in [1.29, 1.82) is 0 Å². The zero-order chi connectivity index (χ0) is 27.4. The van der Waals surface area contributed by atoms with Gasteiger partial charge in [-0.2, -0.15) is 19.6 Å². The summed E-state index contributed by atoms with van der Waals surface area (Å²) < 4.78 is 11.2. The second kappa shape index (κ2) is 15.1. The van der Waals surface area contributed by atoms with Gasteiger partial charge in [0.1, 0.15) is 23.0 Å². The average Bonchev–Trinajstić information content (AvgIpc) is 2.80. The summed E-state index contributed by atoms with van der Waals surface area (Å²) in [5.74, 6) is -0.608. The Morgan fingerprint density at radius 1 is 0.500 bits per heavy atom. The van der Waals surface area contributed by atoms with E-state index in [2.05, 4.69) is 26.3 Å². The predicted octanol–water partition coefficient (Wildman–Crippen LogP) is 4.05. The second-order valence-corrected chi connectivity index (χ2v) is 8.00. The molecule has 0 aromatic rings. The summed E-state index contributed by atoms with van der Waals surface area (Å²) in [5, 5.41) is 0. The number of hydrogen-bond donors (Lipinski definition) is 0. The Morgan fingerprint density at radius 2 is 0.722 bits per heavy atom. The van der Waals surface area contributed by atoms with Crippen LogP contribution in [0.1, 0.15) is 54.4 Å². The van der Waals surface area contributed by atoms with Crippen LogP contribution in [0.25, 0.3) is 0 Å². The van der Waals surface area contributed by atoms with Gasteiger partial charge >= 0.3 is 11.9 Å². The molecule has 1 saturated carbocycles. The zero-order valence-electron chi connectivity index (χ0n) is 21.6. The van der Waals surface area contributed by atoms with Crippen molar-refractivity contribution in [3.8, 4) is 0 Å². The quantitative estimate of drug-likeness (QED) is 0.127. The molecule has 0 aromatic heterocycles. The van der Waals surface area contributed by atoms with Crippen molar-refractivity contribution >= 4 is 11.9 Å². The van der Waals surface area contributed by atoms with Gasteiger partial charge in [-0.1, -0.05) is 40.2 Å². The molecule has 0 bridgehead atoms. The molecule has 0 heterocycles. The lowest BCUT2D eigenvalue weighted by atomic mass is 9.84. The highest BCUT2D eigenvalue weighted by Gasteiger charge is 2.61. The van der Waals surface area contributed by atoms with Crippen LogP contribution < -0.4 is 0 Å². The Labute approximate surface area is 211 Å². The number of hydrogen-bond acceptors (Lipinski definition) is 12. The average molecular weight is 517 g/mol. The summed E-state index contributed by atoms with van der Waals surface area (Å²) >= 11 is 0. The van der Waals surface area contributed by atoms with E-state index in [1.165, 1.54) is 27.7 Å². The Bertz CT molecular complexity index is 741. The monoisotopic (exact) mass is 516 g/mol. The van der Waals surface area contributed by atoms with E-state index in [9.17, 15) is 9.59 Å². The molecular weight excluding hydrogens is 480 g/mol. The van der Waals surface area contributed by atoms with Gasteiger partial charge in [0.05, 0.1) is 0 Å². The SMILES string of the molecule is C=C(C)OOC1C(OOC(=C)C)C(OOC(=C)C)C(OC(=O)CC)C(OC(=O)CC)C1OOC(=C)C. The van der Waals surface area contributed by atoms with Crippen molar-refractivity contribution in [3.63, 3.8) is 0 Å². The number of esters is 2. The third-order valence-electron chi connectivity index (χ3n) is 4.26. The summed E-state index contributed by atoms with van der Waals surface area (Å²) in [5.41, 5.74) is 0. The van der Waals surface area contributed by atoms with Gasteiger partial charge in [-0.3, -0.25) is 9.59 Å². The summed E-state index contributed by atoms with van der Waals surface area (Å²) in [4.78, 5) is 67.6. The first-order valence-electron chi connectivity index (χ1n) is 11.2. The first-order valence-corrected chi connectivity index (χ1v) is 11.2. The molecule has 36 heavy (non-hydrogen) atoms. The van der Waals surface area contributed by atoms with Gasteiger partial charge in [-0.05, 0) is 27.7 Å². The first kappa shape index (κ1) is 31.0. The normalized spacial score (nSPS) is 25.2. The van der Waals surface area contributed by atoms with Crippen LogP contribution >= 0.6 is 0 Å². The zero-order valence-corrected chi connectivity index (χ0v) is 21.6. The van der Waals surface area contributed by atoms with E-state index in [0.29, 0.717) is 0 Å². The van der Waals surface area contributed by atoms with Crippen LogP contribution in [0, 0.1) is 0 Å². The Balaban J connectivity index is 3.68. The molecule has 0 aliphatic heterocycles. The fourth-order valence-electron chi connectivity index (χ4n) is 2.85. The summed E-state index contributed by atoms with van der Waals surface area (Å²) in [7, 11) is 0. The molecule has 0 amide bonds. The highest BCUT2D eigenvalue weighted by atomic mass is 17.3. The molecular formula is C24H36O12. The van der Waals surface area contributed by atoms with Gasteiger partial charge in [0, 0.05) is 12.8 Å². The van der Waals surface area contributed by atoms with Crippen molar-refractivity contribution in [2.75, 3.05) is 0 Å². The fraction of sp³-hybridized carbons (Fsp3) is 0.583. The molecule has 12 nitrogen and oxygen atoms in total. The number of allylic oxidation sites excluding steroid dienone is 4. The smallest absolute Gasteiger partial charge is 0.306 e. The van der Waals surface area contributed by atoms with Crippen molar-refractivity contribution < 1.29 is 58.2 Å². The maximum atomic E-state index is 12.4. The lowest BCUT2D eigenvalue weighted by molar-refractivity contribution is -0.460. The van der Waals surface area contributed by atoms with Crippen LogP contribution in [0.5, 0.6) is 0 Å². The molecule has 1 rings (SSSR count). The predicted molar refractivity (Wildman–Crippen MR) is 123 cm³/mol. The van der Waals surface area contributed by atoms with Gasteiger partial charge in [-0.15, -0.1) is 0 Å². The van der Waals surface area contributed by atoms with E-state index in [-0.39, 0.29) is 35.9 Å². The van der Waals surface area contributed by atoms with Crippen LogP contribution in [0.4, 0.5) is 0 Å². The molecule has 1 aliphatic rings. The summed E-state index contributed by atoms with van der Waals surface area (Å²) in [6.07, 6.45) is -7.96. The van der Waals surface area contributed by atoms with Crippen LogP contribution in [0.3, 0.4) is 0 Å². The molecule has 6 unspecified atom stereocenters. The third kappa shape index (κ3) is 9.90. The van der Waals surface area contributed by atoms with E-state index >= 15 is 0 Å². The van der Waals surface area contributed by atoms with Crippen molar-refractivity contribution in [2.45, 2.75) is 91.0 Å². The summed E-state index contributed by atoms with van der Waals surface area (Å²) in [6, 6.07) is 0. The lowest BCUT2D eigenvalue weighted by Crippen LogP contribution is -2.68. The van der Waals surface area contributed by atoms with E-state index in [1.54, 1.807) is 13.8 Å². The third-order valence-corrected chi connectivity index (χ3v) is 4.26. The van der Waals surface area contributed by atoms with Gasteiger partial charge in [0.25, 0.3) is 0 Å². The van der Waals surface area contributed by atoms with Crippen molar-refractivity contribution in [1.82, 2.24) is 0 Å². The minimum atomic E-state index is -1.35. The van der Waals surface area contributed by atoms with Crippen LogP contribution in [-0.2, 0) is 58.2 Å². The highest BCUT2D eigenvalue weighted by Crippen LogP contribution is 2.36. The minimum absolute atomic E-state index is 0.000709. The molecule has 0 N–H and O–H groups in total. The van der Waals surface area contributed by atoms with Crippen LogP contribution in [0.15, 0.2) is 49.4 Å². The molecule has 1 aliphatic carbocycles. The van der Waals surface area contributed by atoms with E-state index < -0.39 is 48.6 Å². The van der Waals surface area contributed by atoms with Gasteiger partial charge in [-0.25, -0.2) is 0 Å². The largest absolute Gasteiger partial charge is 0.455 e. The molecule has 6 atom stereocenters. The maximum Gasteiger partial charge on any atom is 0.306 e. The molecule has 204 valence electrons. The molecule has 0 radical (unpaired) electrons. The number of ether oxygens (including phenoxy) is 2. The van der Waals surface area contributed by atoms with E-state index in [4.69, 9.17) is 48.6 Å². The van der Waals surface area contributed by atoms with Crippen molar-refractivity contribution in [3.05, 3.63) is 49.4 Å².